The van der Waals surface area contributed by atoms with E-state index >= 15 is 0 Å². The second kappa shape index (κ2) is 5.21. The zero-order chi connectivity index (χ0) is 12.5. The number of piperidine rings is 1. The maximum absolute atomic E-state index is 5.70. The first-order chi connectivity index (χ1) is 8.01. The molecule has 2 rings (SSSR count). The summed E-state index contributed by atoms with van der Waals surface area (Å²) in [6.07, 6.45) is 6.16. The molecule has 0 bridgehead atoms. The van der Waals surface area contributed by atoms with Gasteiger partial charge in [0, 0.05) is 19.0 Å². The Balaban J connectivity index is 1.80. The molecule has 2 aliphatic rings. The van der Waals surface area contributed by atoms with E-state index in [2.05, 4.69) is 23.9 Å². The van der Waals surface area contributed by atoms with E-state index in [1.54, 1.807) is 0 Å². The molecule has 98 valence electrons. The molecule has 2 N–H and O–H groups in total. The van der Waals surface area contributed by atoms with E-state index in [1.165, 1.54) is 45.3 Å². The largest absolute Gasteiger partial charge is 0.393 e. The van der Waals surface area contributed by atoms with Gasteiger partial charge in [-0.25, -0.2) is 0 Å². The zero-order valence-electron chi connectivity index (χ0n) is 11.1. The van der Waals surface area contributed by atoms with Crippen LogP contribution in [0.5, 0.6) is 0 Å². The summed E-state index contributed by atoms with van der Waals surface area (Å²) in [6, 6.07) is 0.759. The van der Waals surface area contributed by atoms with Gasteiger partial charge in [-0.05, 0) is 58.3 Å². The van der Waals surface area contributed by atoms with Gasteiger partial charge in [-0.3, -0.25) is 0 Å². The summed E-state index contributed by atoms with van der Waals surface area (Å²) in [4.78, 5) is 5.67. The first-order valence-electron chi connectivity index (χ1n) is 6.68. The van der Waals surface area contributed by atoms with Crippen molar-refractivity contribution in [2.24, 2.45) is 11.1 Å². The molecule has 0 aromatic rings. The number of rotatable bonds is 5. The van der Waals surface area contributed by atoms with Gasteiger partial charge in [-0.15, -0.1) is 0 Å². The van der Waals surface area contributed by atoms with Crippen LogP contribution in [-0.4, -0.2) is 54.6 Å². The van der Waals surface area contributed by atoms with E-state index in [0.29, 0.717) is 10.4 Å². The molecular formula is C13H25N3S. The number of nitrogens with zero attached hydrogens (tertiary/aromatic N) is 2. The minimum absolute atomic E-state index is 0.434. The van der Waals surface area contributed by atoms with Crippen LogP contribution in [0.4, 0.5) is 0 Å². The minimum Gasteiger partial charge on any atom is -0.393 e. The molecule has 0 unspecified atom stereocenters. The fraction of sp³-hybridized carbons (Fsp3) is 0.923. The van der Waals surface area contributed by atoms with Gasteiger partial charge < -0.3 is 15.5 Å². The van der Waals surface area contributed by atoms with Crippen LogP contribution in [0.1, 0.15) is 32.1 Å². The third-order valence-electron chi connectivity index (χ3n) is 4.40. The molecule has 1 saturated heterocycles. The van der Waals surface area contributed by atoms with Gasteiger partial charge in [-0.1, -0.05) is 12.2 Å². The number of nitrogens with two attached hydrogens (primary N) is 1. The van der Waals surface area contributed by atoms with Gasteiger partial charge in [0.2, 0.25) is 0 Å². The molecule has 3 nitrogen and oxygen atoms in total. The highest BCUT2D eigenvalue weighted by molar-refractivity contribution is 7.80. The maximum atomic E-state index is 5.70. The Morgan fingerprint density at radius 3 is 2.47 bits per heavy atom. The Labute approximate surface area is 110 Å². The molecule has 0 spiro atoms. The molecule has 0 aromatic heterocycles. The number of hydrogen-bond donors (Lipinski definition) is 1. The molecule has 0 atom stereocenters. The van der Waals surface area contributed by atoms with Crippen molar-refractivity contribution in [3.8, 4) is 0 Å². The summed E-state index contributed by atoms with van der Waals surface area (Å²) in [5, 5.41) is 0. The van der Waals surface area contributed by atoms with Crippen molar-refractivity contribution >= 4 is 17.2 Å². The fourth-order valence-electron chi connectivity index (χ4n) is 3.03. The lowest BCUT2D eigenvalue weighted by atomic mass is 9.98. The average molecular weight is 255 g/mol. The third kappa shape index (κ3) is 3.63. The van der Waals surface area contributed by atoms with Crippen LogP contribution in [0.2, 0.25) is 0 Å². The summed E-state index contributed by atoms with van der Waals surface area (Å²) < 4.78 is 0. The summed E-state index contributed by atoms with van der Waals surface area (Å²) in [7, 11) is 4.49. The lowest BCUT2D eigenvalue weighted by Gasteiger charge is -2.36. The smallest absolute Gasteiger partial charge is 0.0733 e. The number of thiocarbonyl (C=S) groups is 1. The first-order valence-corrected chi connectivity index (χ1v) is 7.09. The molecular weight excluding hydrogens is 230 g/mol. The van der Waals surface area contributed by atoms with Crippen LogP contribution in [0, 0.1) is 5.41 Å². The lowest BCUT2D eigenvalue weighted by Crippen LogP contribution is -2.44. The van der Waals surface area contributed by atoms with Crippen LogP contribution in [0.3, 0.4) is 0 Å². The van der Waals surface area contributed by atoms with E-state index in [9.17, 15) is 0 Å². The monoisotopic (exact) mass is 255 g/mol. The normalized spacial score (nSPS) is 25.1. The summed E-state index contributed by atoms with van der Waals surface area (Å²) >= 11 is 5.06. The average Bonchev–Trinajstić information content (AvgIpc) is 2.97. The summed E-state index contributed by atoms with van der Waals surface area (Å²) in [5.41, 5.74) is 6.13. The van der Waals surface area contributed by atoms with Gasteiger partial charge in [-0.2, -0.15) is 0 Å². The van der Waals surface area contributed by atoms with Crippen molar-refractivity contribution in [3.05, 3.63) is 0 Å². The molecule has 4 heteroatoms. The number of hydrogen-bond acceptors (Lipinski definition) is 3. The van der Waals surface area contributed by atoms with Crippen LogP contribution >= 0.6 is 12.2 Å². The quantitative estimate of drug-likeness (QED) is 0.754. The van der Waals surface area contributed by atoms with Gasteiger partial charge in [0.05, 0.1) is 4.99 Å². The van der Waals surface area contributed by atoms with Crippen molar-refractivity contribution in [1.29, 1.82) is 0 Å². The zero-order valence-corrected chi connectivity index (χ0v) is 11.9. The predicted octanol–water partition coefficient (Wildman–Crippen LogP) is 1.47. The van der Waals surface area contributed by atoms with Crippen molar-refractivity contribution in [1.82, 2.24) is 9.80 Å². The maximum Gasteiger partial charge on any atom is 0.0733 e. The van der Waals surface area contributed by atoms with Crippen LogP contribution in [0.25, 0.3) is 0 Å². The predicted molar refractivity (Wildman–Crippen MR) is 76.2 cm³/mol. The topological polar surface area (TPSA) is 32.5 Å². The molecule has 17 heavy (non-hydrogen) atoms. The van der Waals surface area contributed by atoms with Crippen molar-refractivity contribution in [2.45, 2.75) is 38.1 Å². The molecule has 1 heterocycles. The van der Waals surface area contributed by atoms with Gasteiger partial charge >= 0.3 is 0 Å². The van der Waals surface area contributed by atoms with Gasteiger partial charge in [0.25, 0.3) is 0 Å². The molecule has 0 aromatic carbocycles. The van der Waals surface area contributed by atoms with E-state index in [-0.39, 0.29) is 0 Å². The standard InChI is InChI=1S/C13H25N3S/c1-15-7-3-11(4-8-15)16(2)10-13(5-6-13)9-12(14)17/h11H,3-10H2,1-2H3,(H2,14,17). The Bertz CT molecular complexity index is 280. The molecule has 1 aliphatic carbocycles. The Morgan fingerprint density at radius 2 is 2.00 bits per heavy atom. The van der Waals surface area contributed by atoms with Crippen molar-refractivity contribution in [2.75, 3.05) is 33.7 Å². The third-order valence-corrected chi connectivity index (χ3v) is 4.55. The van der Waals surface area contributed by atoms with E-state index in [0.717, 1.165) is 12.5 Å². The first kappa shape index (κ1) is 13.2. The number of likely N-dealkylation sites (tertiary alicyclic amines) is 1. The van der Waals surface area contributed by atoms with Crippen LogP contribution in [0.15, 0.2) is 0 Å². The molecule has 1 saturated carbocycles. The molecule has 2 fully saturated rings. The van der Waals surface area contributed by atoms with Crippen molar-refractivity contribution in [3.63, 3.8) is 0 Å². The molecule has 0 radical (unpaired) electrons. The fourth-order valence-corrected chi connectivity index (χ4v) is 3.34. The Morgan fingerprint density at radius 1 is 1.41 bits per heavy atom. The molecule has 1 aliphatic heterocycles. The highest BCUT2D eigenvalue weighted by Crippen LogP contribution is 2.49. The lowest BCUT2D eigenvalue weighted by molar-refractivity contribution is 0.125. The second-order valence-electron chi connectivity index (χ2n) is 6.09. The van der Waals surface area contributed by atoms with Crippen LogP contribution in [-0.2, 0) is 0 Å². The van der Waals surface area contributed by atoms with E-state index in [1.807, 2.05) is 0 Å². The summed E-state index contributed by atoms with van der Waals surface area (Å²) in [6.45, 7) is 3.65. The highest BCUT2D eigenvalue weighted by atomic mass is 32.1. The minimum atomic E-state index is 0.434. The SMILES string of the molecule is CN1CCC(N(C)CC2(CC(N)=S)CC2)CC1. The van der Waals surface area contributed by atoms with Crippen molar-refractivity contribution < 1.29 is 0 Å². The second-order valence-corrected chi connectivity index (χ2v) is 6.62. The highest BCUT2D eigenvalue weighted by Gasteiger charge is 2.44. The van der Waals surface area contributed by atoms with E-state index < -0.39 is 0 Å². The van der Waals surface area contributed by atoms with Gasteiger partial charge in [0.15, 0.2) is 0 Å². The van der Waals surface area contributed by atoms with Gasteiger partial charge in [0.1, 0.15) is 0 Å². The van der Waals surface area contributed by atoms with Crippen LogP contribution < -0.4 is 5.73 Å². The Kier molecular flexibility index (Phi) is 4.06. The Hall–Kier alpha value is -0.190. The molecule has 0 amide bonds. The summed E-state index contributed by atoms with van der Waals surface area (Å²) in [5.74, 6) is 0. The van der Waals surface area contributed by atoms with E-state index in [4.69, 9.17) is 18.0 Å².